The molecule has 0 bridgehead atoms. The number of aliphatic imine (C=N–C) groups is 1. The number of benzene rings is 1. The summed E-state index contributed by atoms with van der Waals surface area (Å²) in [5.41, 5.74) is 9.87. The fraction of sp³-hybridized carbons (Fsp3) is 0.452. The number of hydrogen-bond acceptors (Lipinski definition) is 10. The molecular formula is C31H40F2N8O2. The largest absolute Gasteiger partial charge is 0.494 e. The molecule has 12 heteroatoms. The summed E-state index contributed by atoms with van der Waals surface area (Å²) < 4.78 is 40.3. The quantitative estimate of drug-likeness (QED) is 0.276. The Bertz CT molecular complexity index is 1450. The number of rotatable bonds is 11. The van der Waals surface area contributed by atoms with Gasteiger partial charge >= 0.3 is 0 Å². The molecule has 0 spiro atoms. The van der Waals surface area contributed by atoms with Gasteiger partial charge < -0.3 is 25.4 Å². The number of anilines is 4. The lowest BCUT2D eigenvalue weighted by Gasteiger charge is -2.31. The molecule has 5 rings (SSSR count). The molecule has 1 aliphatic carbocycles. The summed E-state index contributed by atoms with van der Waals surface area (Å²) in [6.45, 7) is 8.64. The average Bonchev–Trinajstić information content (AvgIpc) is 3.83. The van der Waals surface area contributed by atoms with E-state index >= 15 is 0 Å². The van der Waals surface area contributed by atoms with Crippen LogP contribution in [0.2, 0.25) is 0 Å². The molecule has 1 aromatic carbocycles. The molecular weight excluding hydrogens is 554 g/mol. The van der Waals surface area contributed by atoms with Gasteiger partial charge in [-0.1, -0.05) is 13.0 Å². The lowest BCUT2D eigenvalue weighted by Crippen LogP contribution is -2.37. The van der Waals surface area contributed by atoms with Gasteiger partial charge in [-0.2, -0.15) is 0 Å². The van der Waals surface area contributed by atoms with Gasteiger partial charge in [0.2, 0.25) is 0 Å². The Morgan fingerprint density at radius 3 is 2.51 bits per heavy atom. The van der Waals surface area contributed by atoms with Gasteiger partial charge in [-0.3, -0.25) is 4.99 Å². The normalized spacial score (nSPS) is 15.9. The van der Waals surface area contributed by atoms with Crippen molar-refractivity contribution in [1.29, 1.82) is 0 Å². The molecule has 2 fully saturated rings. The first-order chi connectivity index (χ1) is 20.4. The van der Waals surface area contributed by atoms with Crippen molar-refractivity contribution in [2.24, 2.45) is 10.9 Å². The van der Waals surface area contributed by atoms with Crippen LogP contribution in [0.3, 0.4) is 0 Å². The van der Waals surface area contributed by atoms with Gasteiger partial charge in [0.1, 0.15) is 40.9 Å². The summed E-state index contributed by atoms with van der Waals surface area (Å²) in [6.07, 6.45) is 5.35. The maximum Gasteiger partial charge on any atom is 0.182 e. The molecule has 0 atom stereocenters. The third kappa shape index (κ3) is 7.61. The van der Waals surface area contributed by atoms with E-state index in [2.05, 4.69) is 27.1 Å². The molecule has 230 valence electrons. The molecule has 1 saturated heterocycles. The minimum atomic E-state index is -0.664. The van der Waals surface area contributed by atoms with Gasteiger partial charge in [-0.05, 0) is 57.6 Å². The highest BCUT2D eigenvalue weighted by Gasteiger charge is 2.28. The Kier molecular flexibility index (Phi) is 10.6. The fourth-order valence-corrected chi connectivity index (χ4v) is 4.96. The third-order valence-corrected chi connectivity index (χ3v) is 7.47. The van der Waals surface area contributed by atoms with Crippen LogP contribution in [0.4, 0.5) is 31.9 Å². The zero-order chi connectivity index (χ0) is 29.6. The minimum absolute atomic E-state index is 0. The number of allylic oxidation sites excluding steroid dienone is 2. The van der Waals surface area contributed by atoms with Crippen molar-refractivity contribution in [2.45, 2.75) is 47.5 Å². The minimum Gasteiger partial charge on any atom is -0.494 e. The maximum atomic E-state index is 14.8. The second kappa shape index (κ2) is 14.3. The molecule has 3 heterocycles. The van der Waals surface area contributed by atoms with Crippen LogP contribution in [-0.2, 0) is 11.2 Å². The first kappa shape index (κ1) is 31.7. The number of morpholine rings is 1. The van der Waals surface area contributed by atoms with Crippen molar-refractivity contribution in [2.75, 3.05) is 55.4 Å². The number of nitrogens with one attached hydrogen (secondary N) is 1. The zero-order valence-corrected chi connectivity index (χ0v) is 24.2. The van der Waals surface area contributed by atoms with Crippen LogP contribution < -0.4 is 20.7 Å². The third-order valence-electron chi connectivity index (χ3n) is 7.47. The van der Waals surface area contributed by atoms with E-state index in [1.54, 1.807) is 19.2 Å². The van der Waals surface area contributed by atoms with Gasteiger partial charge in [-0.25, -0.2) is 28.7 Å². The molecule has 10 nitrogen and oxygen atoms in total. The molecule has 2 aliphatic rings. The van der Waals surface area contributed by atoms with Crippen LogP contribution in [-0.4, -0.2) is 65.1 Å². The average molecular weight is 595 g/mol. The van der Waals surface area contributed by atoms with E-state index in [4.69, 9.17) is 30.2 Å². The van der Waals surface area contributed by atoms with E-state index < -0.39 is 11.6 Å². The lowest BCUT2D eigenvalue weighted by molar-refractivity contribution is 0.123. The Morgan fingerprint density at radius 2 is 1.88 bits per heavy atom. The SMILES string of the molecule is C.CCOc1cc(F)c(CCN=C(/C(C)=C(\C)C2CC2)c2nc(N)c(N3CCOCC3)c(Nc3ccncn3)n2)c(F)c1. The molecule has 3 aromatic rings. The second-order valence-corrected chi connectivity index (χ2v) is 10.3. The highest BCUT2D eigenvalue weighted by molar-refractivity contribution is 6.11. The number of nitrogens with zero attached hydrogens (tertiary/aromatic N) is 6. The van der Waals surface area contributed by atoms with Crippen molar-refractivity contribution in [3.05, 3.63) is 64.9 Å². The number of halogens is 2. The molecule has 0 amide bonds. The Balaban J connectivity index is 0.00000423. The first-order valence-electron chi connectivity index (χ1n) is 14.2. The molecule has 0 unspecified atom stereocenters. The van der Waals surface area contributed by atoms with Crippen molar-refractivity contribution < 1.29 is 18.3 Å². The van der Waals surface area contributed by atoms with E-state index in [1.165, 1.54) is 24.0 Å². The van der Waals surface area contributed by atoms with Crippen molar-refractivity contribution in [3.63, 3.8) is 0 Å². The van der Waals surface area contributed by atoms with E-state index in [0.717, 1.165) is 18.4 Å². The van der Waals surface area contributed by atoms with Crippen LogP contribution in [0.25, 0.3) is 0 Å². The number of aromatic nitrogens is 4. The number of ether oxygens (including phenoxy) is 2. The van der Waals surface area contributed by atoms with Crippen LogP contribution in [0.5, 0.6) is 5.75 Å². The zero-order valence-electron chi connectivity index (χ0n) is 24.2. The van der Waals surface area contributed by atoms with Crippen LogP contribution in [0.1, 0.15) is 52.4 Å². The Labute approximate surface area is 251 Å². The molecule has 2 aromatic heterocycles. The molecule has 1 saturated carbocycles. The molecule has 0 radical (unpaired) electrons. The number of nitrogen functional groups attached to an aromatic ring is 1. The van der Waals surface area contributed by atoms with Crippen LogP contribution in [0, 0.1) is 17.6 Å². The Morgan fingerprint density at radius 1 is 1.16 bits per heavy atom. The second-order valence-electron chi connectivity index (χ2n) is 10.3. The highest BCUT2D eigenvalue weighted by atomic mass is 19.1. The van der Waals surface area contributed by atoms with Gasteiger partial charge in [0.05, 0.1) is 19.8 Å². The van der Waals surface area contributed by atoms with Crippen LogP contribution >= 0.6 is 0 Å². The standard InChI is InChI=1S/C30H36F2N8O2.CH4/c1-4-42-21-15-23(31)22(24(32)16-21)7-10-35-26(19(3)18(2)20-5-6-20)29-38-28(33)27(40-11-13-41-14-12-40)30(39-29)37-25-8-9-34-17-36-25;/h8-9,15-17,20H,4-7,10-14H2,1-3H3,(H3,33,34,36,37,38,39);1H4/b19-18+,35-26?;. The van der Waals surface area contributed by atoms with Gasteiger partial charge in [0, 0.05) is 43.5 Å². The topological polar surface area (TPSA) is 124 Å². The maximum absolute atomic E-state index is 14.8. The fourth-order valence-electron chi connectivity index (χ4n) is 4.96. The molecule has 3 N–H and O–H groups in total. The summed E-state index contributed by atoms with van der Waals surface area (Å²) in [4.78, 5) is 24.8. The monoisotopic (exact) mass is 594 g/mol. The summed E-state index contributed by atoms with van der Waals surface area (Å²) in [5, 5.41) is 3.27. The summed E-state index contributed by atoms with van der Waals surface area (Å²) in [5.74, 6) is 0.938. The van der Waals surface area contributed by atoms with Gasteiger partial charge in [0.15, 0.2) is 17.5 Å². The summed E-state index contributed by atoms with van der Waals surface area (Å²) >= 11 is 0. The van der Waals surface area contributed by atoms with E-state index in [9.17, 15) is 8.78 Å². The van der Waals surface area contributed by atoms with Crippen molar-refractivity contribution in [1.82, 2.24) is 19.9 Å². The van der Waals surface area contributed by atoms with E-state index in [1.807, 2.05) is 6.92 Å². The van der Waals surface area contributed by atoms with Crippen molar-refractivity contribution in [3.8, 4) is 5.75 Å². The van der Waals surface area contributed by atoms with Crippen molar-refractivity contribution >= 4 is 28.9 Å². The Hall–Kier alpha value is -4.19. The predicted molar refractivity (Wildman–Crippen MR) is 165 cm³/mol. The molecule has 43 heavy (non-hydrogen) atoms. The van der Waals surface area contributed by atoms with E-state index in [0.29, 0.717) is 67.7 Å². The summed E-state index contributed by atoms with van der Waals surface area (Å²) in [6, 6.07) is 4.14. The number of nitrogens with two attached hydrogens (primary N) is 1. The molecule has 1 aliphatic heterocycles. The number of hydrogen-bond donors (Lipinski definition) is 2. The summed E-state index contributed by atoms with van der Waals surface area (Å²) in [7, 11) is 0. The predicted octanol–water partition coefficient (Wildman–Crippen LogP) is 5.52. The van der Waals surface area contributed by atoms with E-state index in [-0.39, 0.29) is 37.5 Å². The van der Waals surface area contributed by atoms with Gasteiger partial charge in [-0.15, -0.1) is 0 Å². The van der Waals surface area contributed by atoms with Crippen LogP contribution in [0.15, 0.2) is 46.9 Å². The van der Waals surface area contributed by atoms with Gasteiger partial charge in [0.25, 0.3) is 0 Å². The first-order valence-corrected chi connectivity index (χ1v) is 14.2. The smallest absolute Gasteiger partial charge is 0.182 e. The lowest BCUT2D eigenvalue weighted by atomic mass is 10.0. The highest BCUT2D eigenvalue weighted by Crippen LogP contribution is 2.39.